The van der Waals surface area contributed by atoms with Crippen molar-refractivity contribution in [2.75, 3.05) is 26.2 Å². The van der Waals surface area contributed by atoms with Gasteiger partial charge in [0, 0.05) is 24.7 Å². The first-order valence-corrected chi connectivity index (χ1v) is 8.05. The second-order valence-corrected chi connectivity index (χ2v) is 6.29. The Labute approximate surface area is 135 Å². The first kappa shape index (κ1) is 15.3. The van der Waals surface area contributed by atoms with Crippen LogP contribution in [0.25, 0.3) is 0 Å². The van der Waals surface area contributed by atoms with Gasteiger partial charge in [0.15, 0.2) is 0 Å². The van der Waals surface area contributed by atoms with Gasteiger partial charge < -0.3 is 15.1 Å². The van der Waals surface area contributed by atoms with Crippen molar-refractivity contribution in [3.63, 3.8) is 0 Å². The molecule has 1 aromatic rings. The van der Waals surface area contributed by atoms with Gasteiger partial charge in [-0.15, -0.1) is 0 Å². The third-order valence-electron chi connectivity index (χ3n) is 4.25. The number of hydrogen-bond acceptors (Lipinski definition) is 3. The fourth-order valence-corrected chi connectivity index (χ4v) is 3.25. The van der Waals surface area contributed by atoms with E-state index in [0.717, 1.165) is 24.9 Å². The smallest absolute Gasteiger partial charge is 0.242 e. The Kier molecular flexibility index (Phi) is 4.64. The normalized spacial score (nSPS) is 22.2. The first-order valence-electron chi connectivity index (χ1n) is 7.68. The van der Waals surface area contributed by atoms with Crippen molar-refractivity contribution in [2.24, 2.45) is 0 Å². The Morgan fingerprint density at radius 3 is 2.91 bits per heavy atom. The third kappa shape index (κ3) is 3.42. The van der Waals surface area contributed by atoms with Gasteiger partial charge in [-0.1, -0.05) is 23.7 Å². The van der Waals surface area contributed by atoms with Gasteiger partial charge in [0.2, 0.25) is 11.8 Å². The Bertz CT molecular complexity index is 572. The maximum atomic E-state index is 12.3. The molecule has 2 aliphatic rings. The number of carbonyl (C=O) groups excluding carboxylic acids is 2. The molecule has 118 valence electrons. The van der Waals surface area contributed by atoms with E-state index in [1.807, 2.05) is 24.3 Å². The monoisotopic (exact) mass is 321 g/mol. The number of amides is 2. The Hall–Kier alpha value is -1.59. The van der Waals surface area contributed by atoms with Crippen molar-refractivity contribution < 1.29 is 9.59 Å². The summed E-state index contributed by atoms with van der Waals surface area (Å²) in [5.41, 5.74) is 1.01. The second kappa shape index (κ2) is 6.67. The molecule has 5 nitrogen and oxygen atoms in total. The summed E-state index contributed by atoms with van der Waals surface area (Å²) in [4.78, 5) is 28.1. The molecule has 22 heavy (non-hydrogen) atoms. The van der Waals surface area contributed by atoms with Crippen molar-refractivity contribution in [3.05, 3.63) is 34.9 Å². The van der Waals surface area contributed by atoms with Crippen LogP contribution in [0.4, 0.5) is 0 Å². The molecule has 6 heteroatoms. The molecule has 2 aliphatic heterocycles. The molecule has 2 heterocycles. The van der Waals surface area contributed by atoms with Crippen LogP contribution in [-0.4, -0.2) is 53.8 Å². The lowest BCUT2D eigenvalue weighted by Crippen LogP contribution is -2.55. The zero-order chi connectivity index (χ0) is 15.5. The molecule has 0 saturated carbocycles. The van der Waals surface area contributed by atoms with E-state index in [-0.39, 0.29) is 24.4 Å². The predicted molar refractivity (Wildman–Crippen MR) is 84.5 cm³/mol. The summed E-state index contributed by atoms with van der Waals surface area (Å²) in [6, 6.07) is 7.42. The molecule has 1 atom stereocenters. The summed E-state index contributed by atoms with van der Waals surface area (Å²) >= 11 is 5.97. The number of benzene rings is 1. The van der Waals surface area contributed by atoms with Crippen LogP contribution < -0.4 is 5.32 Å². The molecule has 1 unspecified atom stereocenters. The van der Waals surface area contributed by atoms with E-state index in [1.54, 1.807) is 9.80 Å². The van der Waals surface area contributed by atoms with Gasteiger partial charge in [-0.3, -0.25) is 9.59 Å². The van der Waals surface area contributed by atoms with Gasteiger partial charge >= 0.3 is 0 Å². The Morgan fingerprint density at radius 2 is 2.23 bits per heavy atom. The summed E-state index contributed by atoms with van der Waals surface area (Å²) in [7, 11) is 0. The fourth-order valence-electron chi connectivity index (χ4n) is 3.04. The second-order valence-electron chi connectivity index (χ2n) is 5.85. The molecule has 0 bridgehead atoms. The van der Waals surface area contributed by atoms with Gasteiger partial charge in [-0.25, -0.2) is 0 Å². The molecular formula is C16H20ClN3O2. The van der Waals surface area contributed by atoms with Gasteiger partial charge in [0.05, 0.1) is 12.6 Å². The molecule has 3 rings (SSSR count). The standard InChI is InChI=1S/C16H20ClN3O2/c17-13-4-1-3-12(9-13)10-19-7-8-20(11-15(19)21)16(22)14-5-2-6-18-14/h1,3-4,9,14,18H,2,5-8,10-11H2. The number of rotatable bonds is 3. The summed E-state index contributed by atoms with van der Waals surface area (Å²) in [6.07, 6.45) is 1.90. The van der Waals surface area contributed by atoms with Gasteiger partial charge in [0.1, 0.15) is 0 Å². The highest BCUT2D eigenvalue weighted by molar-refractivity contribution is 6.30. The van der Waals surface area contributed by atoms with Crippen molar-refractivity contribution >= 4 is 23.4 Å². The third-order valence-corrected chi connectivity index (χ3v) is 4.49. The highest BCUT2D eigenvalue weighted by atomic mass is 35.5. The number of nitrogens with one attached hydrogen (secondary N) is 1. The van der Waals surface area contributed by atoms with E-state index in [2.05, 4.69) is 5.32 Å². The minimum Gasteiger partial charge on any atom is -0.335 e. The van der Waals surface area contributed by atoms with Gasteiger partial charge in [-0.2, -0.15) is 0 Å². The van der Waals surface area contributed by atoms with Crippen LogP contribution in [0.2, 0.25) is 5.02 Å². The molecule has 0 aromatic heterocycles. The summed E-state index contributed by atoms with van der Waals surface area (Å²) in [5, 5.41) is 3.87. The van der Waals surface area contributed by atoms with Gasteiger partial charge in [0.25, 0.3) is 0 Å². The largest absolute Gasteiger partial charge is 0.335 e. The van der Waals surface area contributed by atoms with Crippen LogP contribution in [-0.2, 0) is 16.1 Å². The van der Waals surface area contributed by atoms with Gasteiger partial charge in [-0.05, 0) is 37.1 Å². The van der Waals surface area contributed by atoms with E-state index >= 15 is 0 Å². The maximum Gasteiger partial charge on any atom is 0.242 e. The molecule has 2 amide bonds. The number of piperazine rings is 1. The number of hydrogen-bond donors (Lipinski definition) is 1. The quantitative estimate of drug-likeness (QED) is 0.912. The molecule has 2 fully saturated rings. The molecule has 0 radical (unpaired) electrons. The average Bonchev–Trinajstić information content (AvgIpc) is 3.03. The Balaban J connectivity index is 1.58. The minimum atomic E-state index is -0.104. The lowest BCUT2D eigenvalue weighted by Gasteiger charge is -2.35. The summed E-state index contributed by atoms with van der Waals surface area (Å²) < 4.78 is 0. The van der Waals surface area contributed by atoms with Crippen LogP contribution in [0, 0.1) is 0 Å². The topological polar surface area (TPSA) is 52.7 Å². The van der Waals surface area contributed by atoms with Crippen molar-refractivity contribution in [3.8, 4) is 0 Å². The molecule has 2 saturated heterocycles. The zero-order valence-electron chi connectivity index (χ0n) is 12.4. The van der Waals surface area contributed by atoms with E-state index in [4.69, 9.17) is 11.6 Å². The predicted octanol–water partition coefficient (Wildman–Crippen LogP) is 1.26. The Morgan fingerprint density at radius 1 is 1.36 bits per heavy atom. The maximum absolute atomic E-state index is 12.3. The zero-order valence-corrected chi connectivity index (χ0v) is 13.2. The van der Waals surface area contributed by atoms with Crippen LogP contribution in [0.15, 0.2) is 24.3 Å². The molecule has 1 N–H and O–H groups in total. The molecule has 0 aliphatic carbocycles. The van der Waals surface area contributed by atoms with Crippen LogP contribution in [0.3, 0.4) is 0 Å². The van der Waals surface area contributed by atoms with E-state index in [9.17, 15) is 9.59 Å². The van der Waals surface area contributed by atoms with Crippen molar-refractivity contribution in [2.45, 2.75) is 25.4 Å². The lowest BCUT2D eigenvalue weighted by molar-refractivity contribution is -0.146. The number of nitrogens with zero attached hydrogens (tertiary/aromatic N) is 2. The summed E-state index contributed by atoms with van der Waals surface area (Å²) in [6.45, 7) is 2.78. The van der Waals surface area contributed by atoms with Crippen LogP contribution in [0.1, 0.15) is 18.4 Å². The summed E-state index contributed by atoms with van der Waals surface area (Å²) in [5.74, 6) is 0.0610. The van der Waals surface area contributed by atoms with Crippen LogP contribution >= 0.6 is 11.6 Å². The van der Waals surface area contributed by atoms with Crippen molar-refractivity contribution in [1.29, 1.82) is 0 Å². The van der Waals surface area contributed by atoms with E-state index in [1.165, 1.54) is 0 Å². The highest BCUT2D eigenvalue weighted by Crippen LogP contribution is 2.16. The molecule has 0 spiro atoms. The van der Waals surface area contributed by atoms with Crippen LogP contribution in [0.5, 0.6) is 0 Å². The SMILES string of the molecule is O=C1CN(C(=O)C2CCCN2)CCN1Cc1cccc(Cl)c1. The fraction of sp³-hybridized carbons (Fsp3) is 0.500. The lowest BCUT2D eigenvalue weighted by atomic mass is 10.1. The molecule has 1 aromatic carbocycles. The molecular weight excluding hydrogens is 302 g/mol. The average molecular weight is 322 g/mol. The minimum absolute atomic E-state index is 0.00225. The first-order chi connectivity index (χ1) is 10.6. The number of halogens is 1. The van der Waals surface area contributed by atoms with Crippen molar-refractivity contribution in [1.82, 2.24) is 15.1 Å². The highest BCUT2D eigenvalue weighted by Gasteiger charge is 2.32. The van der Waals surface area contributed by atoms with E-state index in [0.29, 0.717) is 24.7 Å². The van der Waals surface area contributed by atoms with E-state index < -0.39 is 0 Å². The number of carbonyl (C=O) groups is 2.